The van der Waals surface area contributed by atoms with Crippen molar-refractivity contribution in [3.63, 3.8) is 0 Å². The summed E-state index contributed by atoms with van der Waals surface area (Å²) in [5.41, 5.74) is 15.3. The molecule has 0 saturated carbocycles. The van der Waals surface area contributed by atoms with E-state index in [1.54, 1.807) is 30.5 Å². The number of hydrogen-bond acceptors (Lipinski definition) is 6. The smallest absolute Gasteiger partial charge is 0.254 e. The number of aromatic nitrogens is 4. The minimum Gasteiger partial charge on any atom is -0.370 e. The topological polar surface area (TPSA) is 152 Å². The van der Waals surface area contributed by atoms with Crippen LogP contribution in [0, 0.1) is 5.82 Å². The van der Waals surface area contributed by atoms with Crippen LogP contribution in [0.5, 0.6) is 0 Å². The molecule has 11 nitrogen and oxygen atoms in total. The Bertz CT molecular complexity index is 1820. The molecule has 1 fully saturated rings. The highest BCUT2D eigenvalue weighted by atomic mass is 19.1. The molecule has 230 valence electrons. The summed E-state index contributed by atoms with van der Waals surface area (Å²) in [7, 11) is 0. The van der Waals surface area contributed by atoms with Crippen molar-refractivity contribution < 1.29 is 14.0 Å². The first-order valence-corrected chi connectivity index (χ1v) is 14.8. The molecule has 12 heteroatoms. The lowest BCUT2D eigenvalue weighted by Gasteiger charge is -2.36. The second kappa shape index (κ2) is 13.0. The first kappa shape index (κ1) is 29.5. The van der Waals surface area contributed by atoms with Gasteiger partial charge in [-0.2, -0.15) is 0 Å². The maximum atomic E-state index is 13.6. The van der Waals surface area contributed by atoms with Crippen molar-refractivity contribution in [1.29, 1.82) is 0 Å². The molecule has 0 radical (unpaired) electrons. The van der Waals surface area contributed by atoms with Crippen LogP contribution in [0.3, 0.4) is 0 Å². The van der Waals surface area contributed by atoms with Crippen molar-refractivity contribution in [2.45, 2.75) is 18.9 Å². The third-order valence-corrected chi connectivity index (χ3v) is 8.00. The van der Waals surface area contributed by atoms with Crippen LogP contribution in [-0.4, -0.2) is 75.3 Å². The number of hydrogen-bond donors (Lipinski definition) is 3. The SMILES string of the molecule is NC(N)=NCCC[C@@H](C=O)n1c(-c2cnc(-c3ccccc3)[nH]2)nc2cc(C(=O)N3CCN(c4ccc(F)cc4)CC3)ccc21. The number of fused-ring (bicyclic) bond motifs is 1. The molecule has 1 atom stereocenters. The van der Waals surface area contributed by atoms with Crippen LogP contribution < -0.4 is 16.4 Å². The number of aliphatic imine (C=N–C) groups is 1. The lowest BCUT2D eigenvalue weighted by molar-refractivity contribution is -0.110. The van der Waals surface area contributed by atoms with Gasteiger partial charge in [0, 0.05) is 49.5 Å². The number of aromatic amines is 1. The van der Waals surface area contributed by atoms with Gasteiger partial charge in [-0.05, 0) is 55.3 Å². The van der Waals surface area contributed by atoms with E-state index in [-0.39, 0.29) is 17.7 Å². The summed E-state index contributed by atoms with van der Waals surface area (Å²) in [6.07, 6.45) is 3.67. The number of benzene rings is 3. The van der Waals surface area contributed by atoms with E-state index in [0.29, 0.717) is 74.0 Å². The van der Waals surface area contributed by atoms with Gasteiger partial charge in [-0.25, -0.2) is 14.4 Å². The standard InChI is InChI=1S/C33H34FN9O2/c34-24-9-11-25(12-10-24)41-15-17-42(18-16-41)32(45)23-8-13-29-27(19-23)40-31(43(29)26(21-44)7-4-14-37-33(35)36)28-20-38-30(39-28)22-5-2-1-3-6-22/h1-3,5-6,8-13,19-21,26H,4,7,14-18H2,(H,38,39)(H4,35,36,37)/t26-/m0/s1. The van der Waals surface area contributed by atoms with Crippen LogP contribution in [0.15, 0.2) is 84.0 Å². The summed E-state index contributed by atoms with van der Waals surface area (Å²) >= 11 is 0. The number of imidazole rings is 2. The van der Waals surface area contributed by atoms with Gasteiger partial charge in [0.2, 0.25) is 0 Å². The minimum atomic E-state index is -0.552. The monoisotopic (exact) mass is 607 g/mol. The van der Waals surface area contributed by atoms with Crippen molar-refractivity contribution >= 4 is 34.9 Å². The van der Waals surface area contributed by atoms with E-state index < -0.39 is 6.04 Å². The Morgan fingerprint density at radius 3 is 2.49 bits per heavy atom. The summed E-state index contributed by atoms with van der Waals surface area (Å²) in [5.74, 6) is 0.852. The third-order valence-electron chi connectivity index (χ3n) is 8.00. The van der Waals surface area contributed by atoms with Gasteiger partial charge in [0.15, 0.2) is 11.8 Å². The molecule has 45 heavy (non-hydrogen) atoms. The fourth-order valence-electron chi connectivity index (χ4n) is 5.70. The van der Waals surface area contributed by atoms with Crippen LogP contribution in [0.4, 0.5) is 10.1 Å². The summed E-state index contributed by atoms with van der Waals surface area (Å²) in [6, 6.07) is 21.0. The summed E-state index contributed by atoms with van der Waals surface area (Å²) in [5, 5.41) is 0. The summed E-state index contributed by atoms with van der Waals surface area (Å²) in [4.78, 5) is 46.9. The second-order valence-electron chi connectivity index (χ2n) is 10.9. The van der Waals surface area contributed by atoms with Gasteiger partial charge in [0.05, 0.1) is 23.3 Å². The molecule has 5 aromatic rings. The van der Waals surface area contributed by atoms with Crippen LogP contribution >= 0.6 is 0 Å². The minimum absolute atomic E-state index is 0.00592. The summed E-state index contributed by atoms with van der Waals surface area (Å²) in [6.45, 7) is 2.75. The molecule has 1 aliphatic heterocycles. The molecule has 1 aliphatic rings. The van der Waals surface area contributed by atoms with Crippen LogP contribution in [0.25, 0.3) is 33.9 Å². The first-order valence-electron chi connectivity index (χ1n) is 14.8. The van der Waals surface area contributed by atoms with Crippen molar-refractivity contribution in [2.24, 2.45) is 16.5 Å². The zero-order valence-corrected chi connectivity index (χ0v) is 24.6. The normalized spacial score (nSPS) is 14.0. The number of guanidine groups is 1. The van der Waals surface area contributed by atoms with Crippen LogP contribution in [0.1, 0.15) is 29.2 Å². The van der Waals surface area contributed by atoms with Gasteiger partial charge in [-0.1, -0.05) is 30.3 Å². The van der Waals surface area contributed by atoms with Gasteiger partial charge >= 0.3 is 0 Å². The summed E-state index contributed by atoms with van der Waals surface area (Å²) < 4.78 is 15.2. The molecule has 3 aromatic carbocycles. The molecular weight excluding hydrogens is 573 g/mol. The van der Waals surface area contributed by atoms with Gasteiger partial charge < -0.3 is 35.6 Å². The average Bonchev–Trinajstić information content (AvgIpc) is 3.71. The van der Waals surface area contributed by atoms with Crippen molar-refractivity contribution in [2.75, 3.05) is 37.6 Å². The van der Waals surface area contributed by atoms with Crippen LogP contribution in [-0.2, 0) is 4.79 Å². The van der Waals surface area contributed by atoms with Crippen molar-refractivity contribution in [3.8, 4) is 22.9 Å². The maximum absolute atomic E-state index is 13.6. The Kier molecular flexibility index (Phi) is 8.54. The van der Waals surface area contributed by atoms with Crippen LogP contribution in [0.2, 0.25) is 0 Å². The molecule has 0 bridgehead atoms. The Balaban J connectivity index is 1.29. The molecule has 0 spiro atoms. The number of carbonyl (C=O) groups is 2. The molecule has 0 aliphatic carbocycles. The van der Waals surface area contributed by atoms with Gasteiger partial charge in [0.25, 0.3) is 5.91 Å². The van der Waals surface area contributed by atoms with E-state index in [4.69, 9.17) is 16.5 Å². The number of carbonyl (C=O) groups excluding carboxylic acids is 2. The van der Waals surface area contributed by atoms with E-state index >= 15 is 0 Å². The fraction of sp³-hybridized carbons (Fsp3) is 0.242. The highest BCUT2D eigenvalue weighted by Crippen LogP contribution is 2.31. The molecule has 2 aromatic heterocycles. The van der Waals surface area contributed by atoms with Gasteiger partial charge in [-0.3, -0.25) is 9.79 Å². The highest BCUT2D eigenvalue weighted by molar-refractivity contribution is 5.98. The van der Waals surface area contributed by atoms with E-state index in [9.17, 15) is 14.0 Å². The Morgan fingerprint density at radius 1 is 1.02 bits per heavy atom. The first-order chi connectivity index (χ1) is 21.9. The van der Waals surface area contributed by atoms with Crippen molar-refractivity contribution in [1.82, 2.24) is 24.4 Å². The van der Waals surface area contributed by atoms with Crippen molar-refractivity contribution in [3.05, 3.63) is 90.4 Å². The van der Waals surface area contributed by atoms with E-state index in [2.05, 4.69) is 19.9 Å². The predicted octanol–water partition coefficient (Wildman–Crippen LogP) is 3.99. The fourth-order valence-corrected chi connectivity index (χ4v) is 5.70. The number of nitrogens with one attached hydrogen (secondary N) is 1. The maximum Gasteiger partial charge on any atom is 0.254 e. The number of nitrogens with zero attached hydrogens (tertiary/aromatic N) is 6. The lowest BCUT2D eigenvalue weighted by atomic mass is 10.1. The lowest BCUT2D eigenvalue weighted by Crippen LogP contribution is -2.48. The molecule has 5 N–H and O–H groups in total. The largest absolute Gasteiger partial charge is 0.370 e. The Labute approximate surface area is 259 Å². The number of aldehydes is 1. The Hall–Kier alpha value is -5.52. The predicted molar refractivity (Wildman–Crippen MR) is 172 cm³/mol. The number of anilines is 1. The molecule has 0 unspecified atom stereocenters. The molecule has 1 saturated heterocycles. The molecular formula is C33H34FN9O2. The number of nitrogens with two attached hydrogens (primary N) is 2. The van der Waals surface area contributed by atoms with Gasteiger partial charge in [-0.15, -0.1) is 0 Å². The zero-order valence-electron chi connectivity index (χ0n) is 24.6. The van der Waals surface area contributed by atoms with E-state index in [1.807, 2.05) is 45.9 Å². The average molecular weight is 608 g/mol. The second-order valence-corrected chi connectivity index (χ2v) is 10.9. The molecule has 1 amide bonds. The van der Waals surface area contributed by atoms with E-state index in [0.717, 1.165) is 23.1 Å². The number of halogens is 1. The van der Waals surface area contributed by atoms with Gasteiger partial charge in [0.1, 0.15) is 23.6 Å². The third kappa shape index (κ3) is 6.40. The molecule has 3 heterocycles. The quantitative estimate of drug-likeness (QED) is 0.0940. The zero-order chi connectivity index (χ0) is 31.3. The number of rotatable bonds is 10. The number of piperazine rings is 1. The molecule has 6 rings (SSSR count). The number of amides is 1. The van der Waals surface area contributed by atoms with E-state index in [1.165, 1.54) is 12.1 Å². The number of H-pyrrole nitrogens is 1. The Morgan fingerprint density at radius 2 is 1.78 bits per heavy atom. The highest BCUT2D eigenvalue weighted by Gasteiger charge is 2.25.